The first-order valence-corrected chi connectivity index (χ1v) is 12.2. The number of hydrogen-bond donors (Lipinski definition) is 2. The lowest BCUT2D eigenvalue weighted by molar-refractivity contribution is -0.147. The van der Waals surface area contributed by atoms with Gasteiger partial charge in [0.05, 0.1) is 11.5 Å². The molecule has 2 aromatic carbocycles. The van der Waals surface area contributed by atoms with E-state index in [1.54, 1.807) is 11.8 Å². The molecule has 182 valence electrons. The first kappa shape index (κ1) is 23.1. The Kier molecular flexibility index (Phi) is 6.09. The van der Waals surface area contributed by atoms with Gasteiger partial charge in [0.15, 0.2) is 0 Å². The second-order valence-corrected chi connectivity index (χ2v) is 10.0. The number of hydrogen-bond acceptors (Lipinski definition) is 4. The number of carboxylic acids is 1. The van der Waals surface area contributed by atoms with Crippen LogP contribution in [-0.4, -0.2) is 53.7 Å². The van der Waals surface area contributed by atoms with Gasteiger partial charge in [0.25, 0.3) is 0 Å². The number of nitrogens with one attached hydrogen (secondary N) is 1. The topological polar surface area (TPSA) is 95.9 Å². The lowest BCUT2D eigenvalue weighted by Crippen LogP contribution is -2.43. The third-order valence-electron chi connectivity index (χ3n) is 7.62. The van der Waals surface area contributed by atoms with Gasteiger partial charge in [0, 0.05) is 24.9 Å². The summed E-state index contributed by atoms with van der Waals surface area (Å²) in [6.45, 7) is 2.60. The number of carbonyl (C=O) groups excluding carboxylic acids is 2. The molecule has 1 fully saturated rings. The Balaban J connectivity index is 1.17. The van der Waals surface area contributed by atoms with E-state index in [1.165, 1.54) is 11.1 Å². The van der Waals surface area contributed by atoms with E-state index in [-0.39, 0.29) is 36.9 Å². The Morgan fingerprint density at radius 3 is 2.37 bits per heavy atom. The van der Waals surface area contributed by atoms with Crippen LogP contribution in [0.5, 0.6) is 0 Å². The van der Waals surface area contributed by atoms with Gasteiger partial charge in [-0.1, -0.05) is 60.7 Å². The molecule has 2 N–H and O–H groups in total. The molecule has 2 aliphatic carbocycles. The van der Waals surface area contributed by atoms with Crippen molar-refractivity contribution >= 4 is 18.0 Å². The molecule has 5 rings (SSSR count). The fraction of sp³-hybridized carbons (Fsp3) is 0.393. The molecule has 2 aromatic rings. The Morgan fingerprint density at radius 1 is 1.09 bits per heavy atom. The van der Waals surface area contributed by atoms with E-state index in [1.807, 2.05) is 36.4 Å². The van der Waals surface area contributed by atoms with E-state index in [4.69, 9.17) is 4.74 Å². The number of ether oxygens (including phenoxy) is 1. The molecule has 7 heteroatoms. The van der Waals surface area contributed by atoms with Gasteiger partial charge >= 0.3 is 12.1 Å². The lowest BCUT2D eigenvalue weighted by Gasteiger charge is -2.29. The van der Waals surface area contributed by atoms with Gasteiger partial charge in [-0.3, -0.25) is 9.59 Å². The van der Waals surface area contributed by atoms with Gasteiger partial charge in [-0.05, 0) is 48.4 Å². The Labute approximate surface area is 204 Å². The SMILES string of the molecule is CC1(C(=O)O)CCN(C(=O)[C@@H]2CC=C[C@@H](NC(=O)OCC3c4ccccc4-c4ccccc43)C2)C1. The maximum Gasteiger partial charge on any atom is 0.407 e. The van der Waals surface area contributed by atoms with Crippen molar-refractivity contribution in [2.24, 2.45) is 11.3 Å². The average Bonchev–Trinajstić information content (AvgIpc) is 3.42. The molecule has 0 radical (unpaired) electrons. The van der Waals surface area contributed by atoms with Crippen LogP contribution in [0, 0.1) is 11.3 Å². The summed E-state index contributed by atoms with van der Waals surface area (Å²) in [5.41, 5.74) is 3.77. The Hall–Kier alpha value is -3.61. The molecule has 1 saturated heterocycles. The molecular weight excluding hydrogens is 444 g/mol. The normalized spacial score (nSPS) is 25.1. The van der Waals surface area contributed by atoms with E-state index in [0.29, 0.717) is 25.8 Å². The predicted octanol–water partition coefficient (Wildman–Crippen LogP) is 4.18. The van der Waals surface area contributed by atoms with Crippen LogP contribution in [0.3, 0.4) is 0 Å². The van der Waals surface area contributed by atoms with E-state index < -0.39 is 17.5 Å². The van der Waals surface area contributed by atoms with E-state index >= 15 is 0 Å². The maximum absolute atomic E-state index is 13.0. The molecule has 3 aliphatic rings. The molecule has 1 unspecified atom stereocenters. The summed E-state index contributed by atoms with van der Waals surface area (Å²) in [6.07, 6.45) is 4.82. The van der Waals surface area contributed by atoms with E-state index in [2.05, 4.69) is 29.6 Å². The smallest absolute Gasteiger partial charge is 0.407 e. The number of allylic oxidation sites excluding steroid dienone is 1. The quantitative estimate of drug-likeness (QED) is 0.634. The van der Waals surface area contributed by atoms with Crippen molar-refractivity contribution in [3.63, 3.8) is 0 Å². The fourth-order valence-electron chi connectivity index (χ4n) is 5.57. The van der Waals surface area contributed by atoms with Gasteiger partial charge in [-0.2, -0.15) is 0 Å². The number of alkyl carbamates (subject to hydrolysis) is 1. The van der Waals surface area contributed by atoms with Crippen molar-refractivity contribution in [3.8, 4) is 11.1 Å². The van der Waals surface area contributed by atoms with Crippen molar-refractivity contribution in [2.75, 3.05) is 19.7 Å². The number of carbonyl (C=O) groups is 3. The summed E-state index contributed by atoms with van der Waals surface area (Å²) in [5, 5.41) is 12.3. The highest BCUT2D eigenvalue weighted by Gasteiger charge is 2.43. The minimum atomic E-state index is -0.890. The van der Waals surface area contributed by atoms with Crippen LogP contribution in [0.1, 0.15) is 43.2 Å². The molecule has 7 nitrogen and oxygen atoms in total. The second kappa shape index (κ2) is 9.21. The number of aliphatic carboxylic acids is 1. The van der Waals surface area contributed by atoms with Crippen LogP contribution in [-0.2, 0) is 14.3 Å². The molecule has 3 atom stereocenters. The van der Waals surface area contributed by atoms with E-state index in [9.17, 15) is 19.5 Å². The van der Waals surface area contributed by atoms with Crippen molar-refractivity contribution in [1.82, 2.24) is 10.2 Å². The number of nitrogens with zero attached hydrogens (tertiary/aromatic N) is 1. The lowest BCUT2D eigenvalue weighted by atomic mass is 9.89. The second-order valence-electron chi connectivity index (χ2n) is 10.0. The fourth-order valence-corrected chi connectivity index (χ4v) is 5.57. The van der Waals surface area contributed by atoms with Crippen LogP contribution >= 0.6 is 0 Å². The van der Waals surface area contributed by atoms with Gasteiger partial charge in [-0.15, -0.1) is 0 Å². The number of likely N-dealkylation sites (tertiary alicyclic amines) is 1. The number of carboxylic acid groups (broad SMARTS) is 1. The van der Waals surface area contributed by atoms with Crippen molar-refractivity contribution in [3.05, 3.63) is 71.8 Å². The number of fused-ring (bicyclic) bond motifs is 3. The minimum Gasteiger partial charge on any atom is -0.481 e. The molecule has 1 heterocycles. The summed E-state index contributed by atoms with van der Waals surface area (Å²) >= 11 is 0. The molecule has 2 amide bonds. The summed E-state index contributed by atoms with van der Waals surface area (Å²) < 4.78 is 5.65. The summed E-state index contributed by atoms with van der Waals surface area (Å²) in [7, 11) is 0. The van der Waals surface area contributed by atoms with Crippen LogP contribution in [0.25, 0.3) is 11.1 Å². The summed E-state index contributed by atoms with van der Waals surface area (Å²) in [4.78, 5) is 38.9. The average molecular weight is 475 g/mol. The predicted molar refractivity (Wildman–Crippen MR) is 131 cm³/mol. The van der Waals surface area contributed by atoms with Gasteiger partial charge < -0.3 is 20.1 Å². The van der Waals surface area contributed by atoms with Gasteiger partial charge in [0.1, 0.15) is 6.61 Å². The molecule has 0 spiro atoms. The zero-order chi connectivity index (χ0) is 24.6. The molecule has 0 bridgehead atoms. The zero-order valence-electron chi connectivity index (χ0n) is 19.8. The largest absolute Gasteiger partial charge is 0.481 e. The molecule has 0 saturated carbocycles. The molecule has 0 aromatic heterocycles. The third kappa shape index (κ3) is 4.43. The van der Waals surface area contributed by atoms with Gasteiger partial charge in [-0.25, -0.2) is 4.79 Å². The monoisotopic (exact) mass is 474 g/mol. The van der Waals surface area contributed by atoms with Crippen LogP contribution < -0.4 is 5.32 Å². The summed E-state index contributed by atoms with van der Waals surface area (Å²) in [6, 6.07) is 16.1. The highest BCUT2D eigenvalue weighted by molar-refractivity contribution is 5.82. The van der Waals surface area contributed by atoms with E-state index in [0.717, 1.165) is 11.1 Å². The highest BCUT2D eigenvalue weighted by atomic mass is 16.5. The zero-order valence-corrected chi connectivity index (χ0v) is 19.8. The maximum atomic E-state index is 13.0. The molecule has 1 aliphatic heterocycles. The number of benzene rings is 2. The van der Waals surface area contributed by atoms with Gasteiger partial charge in [0.2, 0.25) is 5.91 Å². The minimum absolute atomic E-state index is 0.0110. The van der Waals surface area contributed by atoms with Crippen molar-refractivity contribution in [2.45, 2.75) is 38.1 Å². The molecule has 35 heavy (non-hydrogen) atoms. The van der Waals surface area contributed by atoms with Crippen LogP contribution in [0.2, 0.25) is 0 Å². The first-order chi connectivity index (χ1) is 16.9. The van der Waals surface area contributed by atoms with Crippen LogP contribution in [0.4, 0.5) is 4.79 Å². The highest BCUT2D eigenvalue weighted by Crippen LogP contribution is 2.44. The standard InChI is InChI=1S/C28H30N2O5/c1-28(26(32)33)13-14-30(17-28)25(31)18-7-6-8-19(15-18)29-27(34)35-16-24-22-11-4-2-9-20(22)21-10-3-5-12-23(21)24/h2-6,8-12,18-19,24H,7,13-17H2,1H3,(H,29,34)(H,32,33)/t18-,19-,28?/m1/s1. The third-order valence-corrected chi connectivity index (χ3v) is 7.62. The Morgan fingerprint density at radius 2 is 1.74 bits per heavy atom. The van der Waals surface area contributed by atoms with Crippen LogP contribution in [0.15, 0.2) is 60.7 Å². The number of amides is 2. The first-order valence-electron chi connectivity index (χ1n) is 12.2. The van der Waals surface area contributed by atoms with Crippen molar-refractivity contribution in [1.29, 1.82) is 0 Å². The number of rotatable bonds is 5. The summed E-state index contributed by atoms with van der Waals surface area (Å²) in [5.74, 6) is -1.21. The Bertz CT molecular complexity index is 1150. The van der Waals surface area contributed by atoms with Crippen molar-refractivity contribution < 1.29 is 24.2 Å². The molecular formula is C28H30N2O5.